The van der Waals surface area contributed by atoms with Crippen molar-refractivity contribution < 1.29 is 4.79 Å². The van der Waals surface area contributed by atoms with Crippen molar-refractivity contribution in [2.75, 3.05) is 13.1 Å². The zero-order valence-corrected chi connectivity index (χ0v) is 11.7. The molecule has 0 atom stereocenters. The Balaban J connectivity index is 2.00. The molecular weight excluding hydrogens is 252 g/mol. The summed E-state index contributed by atoms with van der Waals surface area (Å²) in [6, 6.07) is 7.20. The third-order valence-corrected chi connectivity index (χ3v) is 3.57. The fourth-order valence-electron chi connectivity index (χ4n) is 2.40. The first-order valence-electron chi connectivity index (χ1n) is 7.10. The lowest BCUT2D eigenvalue weighted by atomic mass is 10.1. The Labute approximate surface area is 119 Å². The highest BCUT2D eigenvalue weighted by molar-refractivity contribution is 5.92. The van der Waals surface area contributed by atoms with E-state index in [1.807, 2.05) is 12.1 Å². The van der Waals surface area contributed by atoms with Gasteiger partial charge >= 0.3 is 0 Å². The van der Waals surface area contributed by atoms with Gasteiger partial charge in [-0.15, -0.1) is 0 Å². The molecule has 1 aliphatic heterocycles. The summed E-state index contributed by atoms with van der Waals surface area (Å²) >= 11 is 0. The van der Waals surface area contributed by atoms with Crippen LogP contribution in [0.3, 0.4) is 0 Å². The Hall–Kier alpha value is -2.04. The van der Waals surface area contributed by atoms with E-state index in [1.165, 1.54) is 25.7 Å². The van der Waals surface area contributed by atoms with Gasteiger partial charge in [0.2, 0.25) is 5.91 Å². The van der Waals surface area contributed by atoms with E-state index >= 15 is 0 Å². The molecule has 20 heavy (non-hydrogen) atoms. The minimum Gasteiger partial charge on any atom is -0.370 e. The average Bonchev–Trinajstić information content (AvgIpc) is 2.74. The largest absolute Gasteiger partial charge is 0.370 e. The maximum Gasteiger partial charge on any atom is 0.248 e. The zero-order chi connectivity index (χ0) is 14.4. The Morgan fingerprint density at radius 3 is 2.50 bits per heavy atom. The molecule has 0 aliphatic carbocycles. The second kappa shape index (κ2) is 6.93. The number of hydrogen-bond donors (Lipinski definition) is 2. The quantitative estimate of drug-likeness (QED) is 0.646. The van der Waals surface area contributed by atoms with E-state index in [2.05, 4.69) is 9.89 Å². The van der Waals surface area contributed by atoms with Crippen molar-refractivity contribution in [1.29, 1.82) is 0 Å². The Kier molecular flexibility index (Phi) is 4.98. The SMILES string of the molecule is NC(=O)c1cccc(CN=C(N)N2CCCCCC2)c1. The summed E-state index contributed by atoms with van der Waals surface area (Å²) in [6.45, 7) is 2.44. The average molecular weight is 274 g/mol. The van der Waals surface area contributed by atoms with Crippen LogP contribution in [0, 0.1) is 0 Å². The third-order valence-electron chi connectivity index (χ3n) is 3.57. The standard InChI is InChI=1S/C15H22N4O/c16-14(20)13-7-5-6-12(10-13)11-18-15(17)19-8-3-1-2-4-9-19/h5-7,10H,1-4,8-9,11H2,(H2,16,20)(H2,17,18). The highest BCUT2D eigenvalue weighted by atomic mass is 16.1. The molecule has 1 saturated heterocycles. The van der Waals surface area contributed by atoms with E-state index in [0.29, 0.717) is 18.1 Å². The summed E-state index contributed by atoms with van der Waals surface area (Å²) in [6.07, 6.45) is 4.88. The van der Waals surface area contributed by atoms with E-state index in [1.54, 1.807) is 12.1 Å². The van der Waals surface area contributed by atoms with E-state index in [9.17, 15) is 4.79 Å². The van der Waals surface area contributed by atoms with Gasteiger partial charge in [0.1, 0.15) is 0 Å². The Bertz CT molecular complexity index is 490. The smallest absolute Gasteiger partial charge is 0.248 e. The lowest BCUT2D eigenvalue weighted by Gasteiger charge is -2.21. The molecule has 5 nitrogen and oxygen atoms in total. The van der Waals surface area contributed by atoms with Gasteiger partial charge in [-0.05, 0) is 30.5 Å². The summed E-state index contributed by atoms with van der Waals surface area (Å²) < 4.78 is 0. The van der Waals surface area contributed by atoms with Gasteiger partial charge in [-0.3, -0.25) is 4.79 Å². The van der Waals surface area contributed by atoms with Crippen LogP contribution in [0.2, 0.25) is 0 Å². The molecule has 1 fully saturated rings. The lowest BCUT2D eigenvalue weighted by Crippen LogP contribution is -2.38. The maximum absolute atomic E-state index is 11.1. The number of nitrogens with zero attached hydrogens (tertiary/aromatic N) is 2. The predicted molar refractivity (Wildman–Crippen MR) is 80.3 cm³/mol. The molecule has 1 heterocycles. The normalized spacial score (nSPS) is 16.8. The molecule has 0 unspecified atom stereocenters. The molecule has 4 N–H and O–H groups in total. The number of aliphatic imine (C=N–C) groups is 1. The van der Waals surface area contributed by atoms with Crippen LogP contribution in [-0.2, 0) is 6.54 Å². The van der Waals surface area contributed by atoms with Gasteiger partial charge < -0.3 is 16.4 Å². The number of primary amides is 1. The minimum atomic E-state index is -0.420. The van der Waals surface area contributed by atoms with Crippen LogP contribution in [0.1, 0.15) is 41.6 Å². The third kappa shape index (κ3) is 3.98. The monoisotopic (exact) mass is 274 g/mol. The number of carbonyl (C=O) groups excluding carboxylic acids is 1. The highest BCUT2D eigenvalue weighted by Crippen LogP contribution is 2.10. The van der Waals surface area contributed by atoms with Crippen molar-refractivity contribution in [3.63, 3.8) is 0 Å². The zero-order valence-electron chi connectivity index (χ0n) is 11.7. The first-order chi connectivity index (χ1) is 9.66. The molecule has 1 aromatic rings. The Morgan fingerprint density at radius 1 is 1.15 bits per heavy atom. The van der Waals surface area contributed by atoms with Crippen molar-refractivity contribution in [3.05, 3.63) is 35.4 Å². The van der Waals surface area contributed by atoms with Crippen molar-refractivity contribution in [1.82, 2.24) is 4.90 Å². The molecule has 108 valence electrons. The van der Waals surface area contributed by atoms with Crippen LogP contribution in [0.4, 0.5) is 0 Å². The molecule has 0 saturated carbocycles. The number of carbonyl (C=O) groups is 1. The Morgan fingerprint density at radius 2 is 1.85 bits per heavy atom. The number of benzene rings is 1. The lowest BCUT2D eigenvalue weighted by molar-refractivity contribution is 0.1000. The van der Waals surface area contributed by atoms with Gasteiger partial charge in [0.25, 0.3) is 0 Å². The summed E-state index contributed by atoms with van der Waals surface area (Å²) in [5.41, 5.74) is 12.8. The number of amides is 1. The first kappa shape index (κ1) is 14.4. The molecule has 1 aromatic carbocycles. The van der Waals surface area contributed by atoms with Gasteiger partial charge in [0.05, 0.1) is 6.54 Å². The summed E-state index contributed by atoms with van der Waals surface area (Å²) in [4.78, 5) is 17.7. The van der Waals surface area contributed by atoms with Crippen LogP contribution in [0.5, 0.6) is 0 Å². The highest BCUT2D eigenvalue weighted by Gasteiger charge is 2.10. The fourth-order valence-corrected chi connectivity index (χ4v) is 2.40. The van der Waals surface area contributed by atoms with E-state index in [4.69, 9.17) is 11.5 Å². The van der Waals surface area contributed by atoms with Crippen molar-refractivity contribution in [2.24, 2.45) is 16.5 Å². The van der Waals surface area contributed by atoms with Crippen LogP contribution >= 0.6 is 0 Å². The number of guanidine groups is 1. The number of likely N-dealkylation sites (tertiary alicyclic amines) is 1. The maximum atomic E-state index is 11.1. The van der Waals surface area contributed by atoms with Crippen molar-refractivity contribution >= 4 is 11.9 Å². The van der Waals surface area contributed by atoms with Gasteiger partial charge in [0, 0.05) is 18.7 Å². The van der Waals surface area contributed by atoms with Crippen LogP contribution in [0.15, 0.2) is 29.3 Å². The molecular formula is C15H22N4O. The van der Waals surface area contributed by atoms with Gasteiger partial charge in [-0.2, -0.15) is 0 Å². The minimum absolute atomic E-state index is 0.420. The molecule has 5 heteroatoms. The van der Waals surface area contributed by atoms with E-state index in [-0.39, 0.29) is 0 Å². The van der Waals surface area contributed by atoms with Gasteiger partial charge in [0.15, 0.2) is 5.96 Å². The number of nitrogens with two attached hydrogens (primary N) is 2. The molecule has 0 spiro atoms. The molecule has 1 aliphatic rings. The van der Waals surface area contributed by atoms with Crippen molar-refractivity contribution in [3.8, 4) is 0 Å². The molecule has 0 radical (unpaired) electrons. The molecule has 1 amide bonds. The molecule has 0 bridgehead atoms. The van der Waals surface area contributed by atoms with Crippen LogP contribution < -0.4 is 11.5 Å². The topological polar surface area (TPSA) is 84.7 Å². The van der Waals surface area contributed by atoms with Gasteiger partial charge in [-0.25, -0.2) is 4.99 Å². The first-order valence-corrected chi connectivity index (χ1v) is 7.10. The second-order valence-electron chi connectivity index (χ2n) is 5.14. The second-order valence-corrected chi connectivity index (χ2v) is 5.14. The van der Waals surface area contributed by atoms with Crippen LogP contribution in [0.25, 0.3) is 0 Å². The van der Waals surface area contributed by atoms with E-state index < -0.39 is 5.91 Å². The summed E-state index contributed by atoms with van der Waals surface area (Å²) in [5, 5.41) is 0. The molecule has 0 aromatic heterocycles. The summed E-state index contributed by atoms with van der Waals surface area (Å²) in [5.74, 6) is 0.174. The number of rotatable bonds is 3. The van der Waals surface area contributed by atoms with Gasteiger partial charge in [-0.1, -0.05) is 25.0 Å². The predicted octanol–water partition coefficient (Wildman–Crippen LogP) is 1.48. The fraction of sp³-hybridized carbons (Fsp3) is 0.467. The molecule has 2 rings (SSSR count). The van der Waals surface area contributed by atoms with Crippen molar-refractivity contribution in [2.45, 2.75) is 32.2 Å². The van der Waals surface area contributed by atoms with E-state index in [0.717, 1.165) is 18.7 Å². The summed E-state index contributed by atoms with van der Waals surface area (Å²) in [7, 11) is 0. The number of hydrogen-bond acceptors (Lipinski definition) is 2. The van der Waals surface area contributed by atoms with Crippen LogP contribution in [-0.4, -0.2) is 29.9 Å².